The Balaban J connectivity index is 1.15. The number of hydrogen-bond donors (Lipinski definition) is 0. The van der Waals surface area contributed by atoms with Crippen LogP contribution in [0.1, 0.15) is 0 Å². The normalized spacial score (nSPS) is 11.6. The molecular weight excluding hydrogens is 665 g/mol. The van der Waals surface area contributed by atoms with Gasteiger partial charge < -0.3 is 4.57 Å². The number of hydrogen-bond acceptors (Lipinski definition) is 1. The van der Waals surface area contributed by atoms with E-state index in [1.807, 2.05) is 0 Å². The predicted octanol–water partition coefficient (Wildman–Crippen LogP) is 14.3. The summed E-state index contributed by atoms with van der Waals surface area (Å²) in [6.45, 7) is 0. The average Bonchev–Trinajstić information content (AvgIpc) is 3.60. The smallest absolute Gasteiger partial charge is 0.0722 e. The Bertz CT molecular complexity index is 3180. The summed E-state index contributed by atoms with van der Waals surface area (Å²) in [6.07, 6.45) is 0. The lowest BCUT2D eigenvalue weighted by Gasteiger charge is -2.16. The van der Waals surface area contributed by atoms with Gasteiger partial charge in [-0.2, -0.15) is 0 Å². The Morgan fingerprint density at radius 2 is 0.836 bits per heavy atom. The third-order valence-electron chi connectivity index (χ3n) is 11.2. The number of aromatic nitrogens is 2. The zero-order valence-corrected chi connectivity index (χ0v) is 30.0. The maximum atomic E-state index is 5.38. The van der Waals surface area contributed by atoms with Crippen molar-refractivity contribution in [3.8, 4) is 50.5 Å². The fourth-order valence-electron chi connectivity index (χ4n) is 8.63. The van der Waals surface area contributed by atoms with Crippen molar-refractivity contribution in [3.63, 3.8) is 0 Å². The van der Waals surface area contributed by atoms with Gasteiger partial charge in [-0.3, -0.25) is 0 Å². The molecule has 0 saturated carbocycles. The summed E-state index contributed by atoms with van der Waals surface area (Å²) in [6, 6.07) is 74.5. The van der Waals surface area contributed by atoms with Gasteiger partial charge in [-0.25, -0.2) is 4.98 Å². The number of para-hydroxylation sites is 2. The summed E-state index contributed by atoms with van der Waals surface area (Å²) in [5, 5.41) is 9.92. The van der Waals surface area contributed by atoms with Crippen LogP contribution in [0, 0.1) is 0 Å². The molecule has 2 heterocycles. The molecule has 0 radical (unpaired) electrons. The van der Waals surface area contributed by atoms with Crippen molar-refractivity contribution in [3.05, 3.63) is 206 Å². The lowest BCUT2D eigenvalue weighted by Crippen LogP contribution is -1.93. The fraction of sp³-hybridized carbons (Fsp3) is 0. The van der Waals surface area contributed by atoms with Crippen LogP contribution in [0.15, 0.2) is 206 Å². The van der Waals surface area contributed by atoms with Gasteiger partial charge in [0.1, 0.15) is 0 Å². The van der Waals surface area contributed by atoms with Crippen molar-refractivity contribution in [2.75, 3.05) is 0 Å². The van der Waals surface area contributed by atoms with Gasteiger partial charge >= 0.3 is 0 Å². The van der Waals surface area contributed by atoms with E-state index in [0.29, 0.717) is 0 Å². The molecule has 0 N–H and O–H groups in total. The first-order valence-corrected chi connectivity index (χ1v) is 18.9. The highest BCUT2D eigenvalue weighted by molar-refractivity contribution is 6.28. The first-order valence-electron chi connectivity index (χ1n) is 18.9. The Labute approximate surface area is 319 Å². The predicted molar refractivity (Wildman–Crippen MR) is 233 cm³/mol. The highest BCUT2D eigenvalue weighted by atomic mass is 15.0. The van der Waals surface area contributed by atoms with Crippen LogP contribution in [-0.4, -0.2) is 9.55 Å². The third kappa shape index (κ3) is 5.15. The largest absolute Gasteiger partial charge is 0.309 e. The molecule has 0 aliphatic carbocycles. The molecule has 256 valence electrons. The molecule has 0 aliphatic rings. The van der Waals surface area contributed by atoms with E-state index in [0.717, 1.165) is 28.1 Å². The van der Waals surface area contributed by atoms with Crippen LogP contribution >= 0.6 is 0 Å². The molecule has 55 heavy (non-hydrogen) atoms. The van der Waals surface area contributed by atoms with Gasteiger partial charge in [0.05, 0.1) is 22.4 Å². The van der Waals surface area contributed by atoms with Crippen LogP contribution in [0.25, 0.3) is 105 Å². The first-order chi connectivity index (χ1) is 27.3. The van der Waals surface area contributed by atoms with Gasteiger partial charge in [-0.05, 0) is 103 Å². The Kier molecular flexibility index (Phi) is 7.21. The first kappa shape index (κ1) is 31.3. The lowest BCUT2D eigenvalue weighted by atomic mass is 9.88. The molecule has 9 aromatic carbocycles. The van der Waals surface area contributed by atoms with Gasteiger partial charge in [0, 0.05) is 27.6 Å². The molecule has 11 aromatic rings. The van der Waals surface area contributed by atoms with Crippen LogP contribution in [0.2, 0.25) is 0 Å². The fourth-order valence-corrected chi connectivity index (χ4v) is 8.63. The van der Waals surface area contributed by atoms with Crippen LogP contribution in [-0.2, 0) is 0 Å². The molecule has 2 aromatic heterocycles. The monoisotopic (exact) mass is 698 g/mol. The molecule has 11 rings (SSSR count). The van der Waals surface area contributed by atoms with E-state index in [9.17, 15) is 0 Å². The average molecular weight is 699 g/mol. The second kappa shape index (κ2) is 12.7. The standard InChI is InChI=1S/C53H34N2/c1-4-15-35(16-5-1)39-33-49(36-17-6-2-7-18-36)54-50(34-39)46-25-14-24-44-41-21-10-11-22-42(41)47-31-37(27-29-45(47)53(44)46)38-28-30-52-48(32-38)43-23-12-13-26-51(43)55(52)40-19-8-3-9-20-40/h1-34H. The summed E-state index contributed by atoms with van der Waals surface area (Å²) >= 11 is 0. The SMILES string of the molecule is c1ccc(-c2cc(-c3ccccc3)nc(-c3cccc4c5ccccc5c5cc(-c6ccc7c(c6)c6ccccc6n7-c6ccccc6)ccc5c34)c2)cc1. The second-order valence-corrected chi connectivity index (χ2v) is 14.3. The van der Waals surface area contributed by atoms with Crippen LogP contribution in [0.4, 0.5) is 0 Å². The molecule has 0 unspecified atom stereocenters. The number of fused-ring (bicyclic) bond motifs is 9. The maximum absolute atomic E-state index is 5.38. The molecule has 0 bridgehead atoms. The molecule has 0 spiro atoms. The van der Waals surface area contributed by atoms with E-state index < -0.39 is 0 Å². The molecular formula is C53H34N2. The number of benzene rings is 9. The maximum Gasteiger partial charge on any atom is 0.0722 e. The van der Waals surface area contributed by atoms with Gasteiger partial charge in [0.2, 0.25) is 0 Å². The van der Waals surface area contributed by atoms with Crippen LogP contribution in [0.5, 0.6) is 0 Å². The minimum absolute atomic E-state index is 0.963. The van der Waals surface area contributed by atoms with Gasteiger partial charge in [-0.15, -0.1) is 0 Å². The Morgan fingerprint density at radius 1 is 0.291 bits per heavy atom. The number of rotatable bonds is 5. The summed E-state index contributed by atoms with van der Waals surface area (Å²) in [4.78, 5) is 5.38. The van der Waals surface area contributed by atoms with Crippen molar-refractivity contribution in [1.82, 2.24) is 9.55 Å². The molecule has 2 heteroatoms. The Morgan fingerprint density at radius 3 is 1.60 bits per heavy atom. The van der Waals surface area contributed by atoms with Crippen molar-refractivity contribution in [1.29, 1.82) is 0 Å². The van der Waals surface area contributed by atoms with Gasteiger partial charge in [0.25, 0.3) is 0 Å². The molecule has 0 aliphatic heterocycles. The van der Waals surface area contributed by atoms with Crippen molar-refractivity contribution in [2.24, 2.45) is 0 Å². The topological polar surface area (TPSA) is 17.8 Å². The quantitative estimate of drug-likeness (QED) is 0.164. The van der Waals surface area contributed by atoms with E-state index in [1.54, 1.807) is 0 Å². The van der Waals surface area contributed by atoms with E-state index in [1.165, 1.54) is 76.5 Å². The van der Waals surface area contributed by atoms with Gasteiger partial charge in [0.15, 0.2) is 0 Å². The number of nitrogens with zero attached hydrogens (tertiary/aromatic N) is 2. The summed E-state index contributed by atoms with van der Waals surface area (Å²) in [7, 11) is 0. The third-order valence-corrected chi connectivity index (χ3v) is 11.2. The molecule has 0 atom stereocenters. The zero-order valence-electron chi connectivity index (χ0n) is 30.0. The van der Waals surface area contributed by atoms with E-state index in [4.69, 9.17) is 4.98 Å². The summed E-state index contributed by atoms with van der Waals surface area (Å²) in [5.41, 5.74) is 12.5. The highest BCUT2D eigenvalue weighted by Gasteiger charge is 2.18. The molecule has 0 amide bonds. The van der Waals surface area contributed by atoms with Gasteiger partial charge in [-0.1, -0.05) is 158 Å². The van der Waals surface area contributed by atoms with Crippen LogP contribution < -0.4 is 0 Å². The lowest BCUT2D eigenvalue weighted by molar-refractivity contribution is 1.18. The van der Waals surface area contributed by atoms with Crippen LogP contribution in [0.3, 0.4) is 0 Å². The molecule has 0 fully saturated rings. The Hall–Kier alpha value is -7.29. The van der Waals surface area contributed by atoms with Crippen molar-refractivity contribution < 1.29 is 0 Å². The molecule has 2 nitrogen and oxygen atoms in total. The van der Waals surface area contributed by atoms with Crippen molar-refractivity contribution >= 4 is 54.1 Å². The van der Waals surface area contributed by atoms with E-state index >= 15 is 0 Å². The summed E-state index contributed by atoms with van der Waals surface area (Å²) < 4.78 is 2.38. The zero-order chi connectivity index (χ0) is 36.3. The second-order valence-electron chi connectivity index (χ2n) is 14.3. The van der Waals surface area contributed by atoms with Crippen molar-refractivity contribution in [2.45, 2.75) is 0 Å². The highest BCUT2D eigenvalue weighted by Crippen LogP contribution is 2.43. The summed E-state index contributed by atoms with van der Waals surface area (Å²) in [5.74, 6) is 0. The van der Waals surface area contributed by atoms with E-state index in [2.05, 4.69) is 211 Å². The number of pyridine rings is 1. The minimum atomic E-state index is 0.963. The van der Waals surface area contributed by atoms with E-state index in [-0.39, 0.29) is 0 Å². The minimum Gasteiger partial charge on any atom is -0.309 e. The molecule has 0 saturated heterocycles.